The largest absolute Gasteiger partial charge is 0.343 e. The van der Waals surface area contributed by atoms with E-state index < -0.39 is 0 Å². The maximum atomic E-state index is 11.2. The summed E-state index contributed by atoms with van der Waals surface area (Å²) in [6.45, 7) is 3.59. The van der Waals surface area contributed by atoms with Crippen molar-refractivity contribution in [1.82, 2.24) is 4.90 Å². The molecule has 1 aliphatic rings. The van der Waals surface area contributed by atoms with E-state index in [1.807, 2.05) is 11.9 Å². The molecule has 0 aromatic carbocycles. The van der Waals surface area contributed by atoms with Crippen molar-refractivity contribution in [2.45, 2.75) is 38.1 Å². The number of rotatable bonds is 2. The van der Waals surface area contributed by atoms with Crippen LogP contribution in [0.3, 0.4) is 0 Å². The Morgan fingerprint density at radius 1 is 1.55 bits per heavy atom. The van der Waals surface area contributed by atoms with Crippen LogP contribution >= 0.6 is 0 Å². The van der Waals surface area contributed by atoms with E-state index in [0.717, 1.165) is 0 Å². The summed E-state index contributed by atoms with van der Waals surface area (Å²) in [5.74, 6) is 0.178. The van der Waals surface area contributed by atoms with Crippen LogP contribution in [0.5, 0.6) is 0 Å². The Balaban J connectivity index is 2.39. The van der Waals surface area contributed by atoms with Gasteiger partial charge in [0.1, 0.15) is 0 Å². The molecule has 0 aliphatic heterocycles. The highest BCUT2D eigenvalue weighted by molar-refractivity contribution is 5.76. The van der Waals surface area contributed by atoms with Gasteiger partial charge in [-0.2, -0.15) is 0 Å². The third-order valence-corrected chi connectivity index (χ3v) is 2.48. The van der Waals surface area contributed by atoms with Crippen LogP contribution in [0.25, 0.3) is 0 Å². The summed E-state index contributed by atoms with van der Waals surface area (Å²) >= 11 is 0. The molecular formula is C9H16NO. The molecule has 0 atom stereocenters. The zero-order valence-electron chi connectivity index (χ0n) is 7.18. The van der Waals surface area contributed by atoms with Crippen LogP contribution in [0.15, 0.2) is 0 Å². The van der Waals surface area contributed by atoms with Crippen LogP contribution in [-0.4, -0.2) is 23.9 Å². The number of hydrogen-bond acceptors (Lipinski definition) is 1. The van der Waals surface area contributed by atoms with Gasteiger partial charge in [-0.25, -0.2) is 0 Å². The quantitative estimate of drug-likeness (QED) is 0.591. The molecule has 2 nitrogen and oxygen atoms in total. The highest BCUT2D eigenvalue weighted by Gasteiger charge is 2.21. The zero-order chi connectivity index (χ0) is 8.27. The van der Waals surface area contributed by atoms with Crippen LogP contribution in [0.2, 0.25) is 0 Å². The molecule has 0 unspecified atom stereocenters. The second-order valence-corrected chi connectivity index (χ2v) is 3.19. The summed E-state index contributed by atoms with van der Waals surface area (Å²) in [7, 11) is 1.89. The number of carbonyl (C=O) groups excluding carboxylic acids is 1. The van der Waals surface area contributed by atoms with Gasteiger partial charge in [-0.15, -0.1) is 0 Å². The minimum Gasteiger partial charge on any atom is -0.343 e. The first kappa shape index (κ1) is 8.57. The van der Waals surface area contributed by atoms with E-state index in [1.54, 1.807) is 0 Å². The van der Waals surface area contributed by atoms with Crippen molar-refractivity contribution in [3.8, 4) is 0 Å². The van der Waals surface area contributed by atoms with E-state index in [-0.39, 0.29) is 5.91 Å². The Hall–Kier alpha value is -0.530. The molecule has 1 saturated carbocycles. The van der Waals surface area contributed by atoms with Gasteiger partial charge in [0.05, 0.1) is 0 Å². The normalized spacial score (nSPS) is 18.7. The van der Waals surface area contributed by atoms with Crippen LogP contribution in [0, 0.1) is 6.92 Å². The fourth-order valence-electron chi connectivity index (χ4n) is 1.67. The number of amides is 1. The molecule has 0 aromatic heterocycles. The predicted octanol–water partition coefficient (Wildman–Crippen LogP) is 1.61. The summed E-state index contributed by atoms with van der Waals surface area (Å²) in [5, 5.41) is 0. The third kappa shape index (κ3) is 1.95. The molecule has 11 heavy (non-hydrogen) atoms. The zero-order valence-corrected chi connectivity index (χ0v) is 7.18. The second kappa shape index (κ2) is 3.74. The molecule has 0 saturated heterocycles. The first-order chi connectivity index (χ1) is 5.25. The maximum Gasteiger partial charge on any atom is 0.222 e. The molecule has 0 bridgehead atoms. The number of nitrogens with zero attached hydrogens (tertiary/aromatic N) is 1. The van der Waals surface area contributed by atoms with Gasteiger partial charge in [0.25, 0.3) is 0 Å². The number of hydrogen-bond donors (Lipinski definition) is 0. The van der Waals surface area contributed by atoms with E-state index in [4.69, 9.17) is 0 Å². The van der Waals surface area contributed by atoms with Gasteiger partial charge in [-0.1, -0.05) is 12.8 Å². The van der Waals surface area contributed by atoms with Crippen molar-refractivity contribution in [2.75, 3.05) is 7.05 Å². The molecular weight excluding hydrogens is 138 g/mol. The Morgan fingerprint density at radius 2 is 2.09 bits per heavy atom. The molecule has 1 fully saturated rings. The highest BCUT2D eigenvalue weighted by Crippen LogP contribution is 2.22. The van der Waals surface area contributed by atoms with E-state index in [1.165, 1.54) is 25.7 Å². The molecule has 0 N–H and O–H groups in total. The molecule has 2 heteroatoms. The standard InChI is InChI=1S/C9H16NO/c1-3-9(11)10(2)8-6-4-5-7-8/h8H,1,3-7H2,2H3. The van der Waals surface area contributed by atoms with Crippen molar-refractivity contribution in [3.63, 3.8) is 0 Å². The van der Waals surface area contributed by atoms with Crippen LogP contribution in [-0.2, 0) is 4.79 Å². The fraction of sp³-hybridized carbons (Fsp3) is 0.778. The predicted molar refractivity (Wildman–Crippen MR) is 45.0 cm³/mol. The average molecular weight is 154 g/mol. The summed E-state index contributed by atoms with van der Waals surface area (Å²) in [4.78, 5) is 13.0. The number of carbonyl (C=O) groups is 1. The van der Waals surface area contributed by atoms with Crippen molar-refractivity contribution >= 4 is 5.91 Å². The lowest BCUT2D eigenvalue weighted by molar-refractivity contribution is -0.131. The van der Waals surface area contributed by atoms with E-state index in [0.29, 0.717) is 12.5 Å². The topological polar surface area (TPSA) is 20.3 Å². The third-order valence-electron chi connectivity index (χ3n) is 2.48. The minimum atomic E-state index is 0.178. The van der Waals surface area contributed by atoms with Gasteiger partial charge < -0.3 is 4.90 Å². The second-order valence-electron chi connectivity index (χ2n) is 3.19. The van der Waals surface area contributed by atoms with Crippen molar-refractivity contribution in [2.24, 2.45) is 0 Å². The SMILES string of the molecule is [CH2]CC(=O)N(C)C1CCCC1. The Kier molecular flexibility index (Phi) is 2.92. The molecule has 0 aromatic rings. The summed E-state index contributed by atoms with van der Waals surface area (Å²) in [5.41, 5.74) is 0. The maximum absolute atomic E-state index is 11.2. The van der Waals surface area contributed by atoms with E-state index >= 15 is 0 Å². The smallest absolute Gasteiger partial charge is 0.222 e. The van der Waals surface area contributed by atoms with Crippen molar-refractivity contribution < 1.29 is 4.79 Å². The summed E-state index contributed by atoms with van der Waals surface area (Å²) in [6, 6.07) is 0.504. The fourth-order valence-corrected chi connectivity index (χ4v) is 1.67. The summed E-state index contributed by atoms with van der Waals surface area (Å²) < 4.78 is 0. The molecule has 1 rings (SSSR count). The highest BCUT2D eigenvalue weighted by atomic mass is 16.2. The molecule has 1 radical (unpaired) electrons. The lowest BCUT2D eigenvalue weighted by Gasteiger charge is -2.23. The van der Waals surface area contributed by atoms with Crippen molar-refractivity contribution in [3.05, 3.63) is 6.92 Å². The van der Waals surface area contributed by atoms with Gasteiger partial charge in [-0.05, 0) is 19.8 Å². The molecule has 0 heterocycles. The lowest BCUT2D eigenvalue weighted by Crippen LogP contribution is -2.34. The summed E-state index contributed by atoms with van der Waals surface area (Å²) in [6.07, 6.45) is 5.32. The Labute approximate surface area is 68.6 Å². The Bertz CT molecular complexity index is 138. The van der Waals surface area contributed by atoms with Gasteiger partial charge in [0.15, 0.2) is 0 Å². The molecule has 63 valence electrons. The van der Waals surface area contributed by atoms with Gasteiger partial charge in [0, 0.05) is 19.5 Å². The van der Waals surface area contributed by atoms with E-state index in [9.17, 15) is 4.79 Å². The van der Waals surface area contributed by atoms with Crippen molar-refractivity contribution in [1.29, 1.82) is 0 Å². The van der Waals surface area contributed by atoms with Gasteiger partial charge >= 0.3 is 0 Å². The van der Waals surface area contributed by atoms with Gasteiger partial charge in [-0.3, -0.25) is 4.79 Å². The minimum absolute atomic E-state index is 0.178. The first-order valence-corrected chi connectivity index (χ1v) is 4.30. The van der Waals surface area contributed by atoms with Gasteiger partial charge in [0.2, 0.25) is 5.91 Å². The molecule has 0 spiro atoms. The van der Waals surface area contributed by atoms with Crippen LogP contribution in [0.1, 0.15) is 32.1 Å². The average Bonchev–Trinajstić information content (AvgIpc) is 2.53. The lowest BCUT2D eigenvalue weighted by atomic mass is 10.2. The molecule has 1 aliphatic carbocycles. The monoisotopic (exact) mass is 154 g/mol. The van der Waals surface area contributed by atoms with Crippen LogP contribution < -0.4 is 0 Å². The van der Waals surface area contributed by atoms with E-state index in [2.05, 4.69) is 6.92 Å². The van der Waals surface area contributed by atoms with Crippen LogP contribution in [0.4, 0.5) is 0 Å². The first-order valence-electron chi connectivity index (χ1n) is 4.30. The Morgan fingerprint density at radius 3 is 2.55 bits per heavy atom. The molecule has 1 amide bonds.